The number of benzene rings is 2. The molecule has 1 unspecified atom stereocenters. The predicted octanol–water partition coefficient (Wildman–Crippen LogP) is 2.58. The zero-order valence-electron chi connectivity index (χ0n) is 14.4. The fourth-order valence-corrected chi connectivity index (χ4v) is 3.50. The van der Waals surface area contributed by atoms with E-state index in [9.17, 15) is 15.0 Å². The predicted molar refractivity (Wildman–Crippen MR) is 96.3 cm³/mol. The van der Waals surface area contributed by atoms with Gasteiger partial charge in [0, 0.05) is 19.6 Å². The van der Waals surface area contributed by atoms with Crippen LogP contribution in [-0.4, -0.2) is 51.8 Å². The number of carbonyl (C=O) groups is 1. The van der Waals surface area contributed by atoms with Crippen LogP contribution in [0.1, 0.15) is 16.7 Å². The van der Waals surface area contributed by atoms with E-state index in [1.54, 1.807) is 0 Å². The molecule has 0 bridgehead atoms. The number of carboxylic acid groups (broad SMARTS) is 1. The van der Waals surface area contributed by atoms with Crippen LogP contribution in [0.3, 0.4) is 0 Å². The summed E-state index contributed by atoms with van der Waals surface area (Å²) in [5, 5.41) is 20.3. The van der Waals surface area contributed by atoms with Crippen molar-refractivity contribution in [1.82, 2.24) is 9.80 Å². The molecular weight excluding hydrogens is 316 g/mol. The van der Waals surface area contributed by atoms with Crippen LogP contribution in [0.2, 0.25) is 0 Å². The van der Waals surface area contributed by atoms with Crippen molar-refractivity contribution in [2.45, 2.75) is 31.7 Å². The fraction of sp³-hybridized carbons (Fsp3) is 0.350. The van der Waals surface area contributed by atoms with Crippen molar-refractivity contribution < 1.29 is 15.0 Å². The highest BCUT2D eigenvalue weighted by Gasteiger charge is 2.34. The lowest BCUT2D eigenvalue weighted by atomic mass is 9.91. The molecule has 2 aromatic rings. The van der Waals surface area contributed by atoms with E-state index in [1.807, 2.05) is 66.5 Å². The third-order valence-corrected chi connectivity index (χ3v) is 4.77. The second-order valence-corrected chi connectivity index (χ2v) is 6.70. The Bertz CT molecular complexity index is 720. The van der Waals surface area contributed by atoms with Crippen LogP contribution in [0.15, 0.2) is 54.6 Å². The van der Waals surface area contributed by atoms with Crippen molar-refractivity contribution in [1.29, 1.82) is 0 Å². The molecule has 25 heavy (non-hydrogen) atoms. The standard InChI is InChI=1S/C20H24N2O3/c1-21(12-15-7-3-2-4-8-15)14-19(23)18-11-16-9-5-6-10-17(16)13-22(18)20(24)25/h2-10,18-19,23H,11-14H2,1H3,(H,24,25)/t18?,19-/m1/s1. The van der Waals surface area contributed by atoms with Crippen molar-refractivity contribution in [3.05, 3.63) is 71.3 Å². The molecule has 0 saturated heterocycles. The topological polar surface area (TPSA) is 64.0 Å². The average Bonchev–Trinajstić information content (AvgIpc) is 2.61. The quantitative estimate of drug-likeness (QED) is 0.878. The number of hydrogen-bond donors (Lipinski definition) is 2. The smallest absolute Gasteiger partial charge is 0.407 e. The van der Waals surface area contributed by atoms with Gasteiger partial charge in [-0.2, -0.15) is 0 Å². The molecule has 0 radical (unpaired) electrons. The van der Waals surface area contributed by atoms with Crippen LogP contribution in [0, 0.1) is 0 Å². The summed E-state index contributed by atoms with van der Waals surface area (Å²) in [4.78, 5) is 15.0. The van der Waals surface area contributed by atoms with Gasteiger partial charge in [0.1, 0.15) is 0 Å². The zero-order valence-corrected chi connectivity index (χ0v) is 14.4. The van der Waals surface area contributed by atoms with E-state index in [4.69, 9.17) is 0 Å². The minimum Gasteiger partial charge on any atom is -0.465 e. The lowest BCUT2D eigenvalue weighted by molar-refractivity contribution is 0.0213. The average molecular weight is 340 g/mol. The van der Waals surface area contributed by atoms with Crippen LogP contribution in [-0.2, 0) is 19.5 Å². The van der Waals surface area contributed by atoms with E-state index >= 15 is 0 Å². The summed E-state index contributed by atoms with van der Waals surface area (Å²) in [6, 6.07) is 17.5. The van der Waals surface area contributed by atoms with Crippen LogP contribution < -0.4 is 0 Å². The van der Waals surface area contributed by atoms with Gasteiger partial charge in [-0.05, 0) is 30.2 Å². The lowest BCUT2D eigenvalue weighted by Crippen LogP contribution is -2.52. The van der Waals surface area contributed by atoms with Gasteiger partial charge >= 0.3 is 6.09 Å². The third kappa shape index (κ3) is 4.18. The van der Waals surface area contributed by atoms with Crippen LogP contribution in [0.4, 0.5) is 4.79 Å². The summed E-state index contributed by atoms with van der Waals surface area (Å²) < 4.78 is 0. The Labute approximate surface area is 148 Å². The Morgan fingerprint density at radius 1 is 1.16 bits per heavy atom. The summed E-state index contributed by atoms with van der Waals surface area (Å²) in [5.41, 5.74) is 3.31. The summed E-state index contributed by atoms with van der Waals surface area (Å²) in [5.74, 6) is 0. The summed E-state index contributed by atoms with van der Waals surface area (Å²) in [6.07, 6.45) is -1.18. The molecule has 0 aliphatic carbocycles. The van der Waals surface area contributed by atoms with Crippen LogP contribution in [0.25, 0.3) is 0 Å². The number of hydrogen-bond acceptors (Lipinski definition) is 3. The van der Waals surface area contributed by atoms with E-state index in [1.165, 1.54) is 10.5 Å². The lowest BCUT2D eigenvalue weighted by Gasteiger charge is -2.38. The molecular formula is C20H24N2O3. The Morgan fingerprint density at radius 3 is 2.48 bits per heavy atom. The van der Waals surface area contributed by atoms with Gasteiger partial charge in [0.05, 0.1) is 12.1 Å². The number of likely N-dealkylation sites (N-methyl/N-ethyl adjacent to an activating group) is 1. The van der Waals surface area contributed by atoms with E-state index in [2.05, 4.69) is 0 Å². The molecule has 132 valence electrons. The van der Waals surface area contributed by atoms with Gasteiger partial charge in [0.25, 0.3) is 0 Å². The highest BCUT2D eigenvalue weighted by atomic mass is 16.4. The number of nitrogens with zero attached hydrogens (tertiary/aromatic N) is 2. The van der Waals surface area contributed by atoms with E-state index in [0.29, 0.717) is 26.1 Å². The zero-order chi connectivity index (χ0) is 17.8. The Kier molecular flexibility index (Phi) is 5.36. The number of aliphatic hydroxyl groups excluding tert-OH is 1. The maximum absolute atomic E-state index is 11.7. The molecule has 2 aromatic carbocycles. The minimum absolute atomic E-state index is 0.329. The Morgan fingerprint density at radius 2 is 1.80 bits per heavy atom. The Hall–Kier alpha value is -2.37. The third-order valence-electron chi connectivity index (χ3n) is 4.77. The second-order valence-electron chi connectivity index (χ2n) is 6.70. The largest absolute Gasteiger partial charge is 0.465 e. The summed E-state index contributed by atoms with van der Waals surface area (Å²) in [7, 11) is 1.94. The highest BCUT2D eigenvalue weighted by molar-refractivity contribution is 5.66. The van der Waals surface area contributed by atoms with E-state index in [0.717, 1.165) is 11.1 Å². The SMILES string of the molecule is CN(Cc1ccccc1)C[C@@H](O)C1Cc2ccccc2CN1C(=O)O. The molecule has 0 spiro atoms. The highest BCUT2D eigenvalue weighted by Crippen LogP contribution is 2.25. The molecule has 0 fully saturated rings. The molecule has 0 aromatic heterocycles. The van der Waals surface area contributed by atoms with Gasteiger partial charge in [-0.1, -0.05) is 54.6 Å². The first-order valence-corrected chi connectivity index (χ1v) is 8.51. The number of aliphatic hydroxyl groups is 1. The fourth-order valence-electron chi connectivity index (χ4n) is 3.50. The van der Waals surface area contributed by atoms with Crippen LogP contribution >= 0.6 is 0 Å². The van der Waals surface area contributed by atoms with Gasteiger partial charge < -0.3 is 10.2 Å². The first kappa shape index (κ1) is 17.5. The maximum atomic E-state index is 11.7. The van der Waals surface area contributed by atoms with E-state index in [-0.39, 0.29) is 0 Å². The van der Waals surface area contributed by atoms with Crippen molar-refractivity contribution in [2.75, 3.05) is 13.6 Å². The van der Waals surface area contributed by atoms with Crippen LogP contribution in [0.5, 0.6) is 0 Å². The molecule has 1 aliphatic heterocycles. The number of amides is 1. The van der Waals surface area contributed by atoms with Crippen molar-refractivity contribution in [3.8, 4) is 0 Å². The van der Waals surface area contributed by atoms with Gasteiger partial charge in [-0.25, -0.2) is 4.79 Å². The molecule has 5 heteroatoms. The van der Waals surface area contributed by atoms with E-state index < -0.39 is 18.2 Å². The maximum Gasteiger partial charge on any atom is 0.407 e. The number of fused-ring (bicyclic) bond motifs is 1. The molecule has 2 N–H and O–H groups in total. The first-order chi connectivity index (χ1) is 12.0. The van der Waals surface area contributed by atoms with Crippen molar-refractivity contribution in [2.24, 2.45) is 0 Å². The molecule has 0 saturated carbocycles. The summed E-state index contributed by atoms with van der Waals surface area (Å²) in [6.45, 7) is 1.47. The monoisotopic (exact) mass is 340 g/mol. The molecule has 2 atom stereocenters. The van der Waals surface area contributed by atoms with Gasteiger partial charge in [-0.3, -0.25) is 9.80 Å². The molecule has 5 nitrogen and oxygen atoms in total. The van der Waals surface area contributed by atoms with Crippen molar-refractivity contribution in [3.63, 3.8) is 0 Å². The molecule has 1 aliphatic rings. The normalized spacial score (nSPS) is 18.0. The number of rotatable bonds is 5. The molecule has 1 heterocycles. The molecule has 3 rings (SSSR count). The minimum atomic E-state index is -0.982. The van der Waals surface area contributed by atoms with Gasteiger partial charge in [0.2, 0.25) is 0 Å². The first-order valence-electron chi connectivity index (χ1n) is 8.51. The second kappa shape index (κ2) is 7.68. The molecule has 1 amide bonds. The van der Waals surface area contributed by atoms with Gasteiger partial charge in [0.15, 0.2) is 0 Å². The van der Waals surface area contributed by atoms with Gasteiger partial charge in [-0.15, -0.1) is 0 Å². The summed E-state index contributed by atoms with van der Waals surface area (Å²) >= 11 is 0. The Balaban J connectivity index is 1.69. The van der Waals surface area contributed by atoms with Crippen molar-refractivity contribution >= 4 is 6.09 Å².